The molecule has 1 N–H and O–H groups in total. The molecular formula is C28H39N3O7S. The summed E-state index contributed by atoms with van der Waals surface area (Å²) in [5.74, 6) is 1.20. The molecule has 1 heterocycles. The monoisotopic (exact) mass is 561 g/mol. The van der Waals surface area contributed by atoms with Gasteiger partial charge in [0, 0.05) is 31.6 Å². The molecule has 0 saturated heterocycles. The Labute approximate surface area is 231 Å². The average Bonchev–Trinajstić information content (AvgIpc) is 2.92. The Hall–Kier alpha value is -3.47. The molecule has 1 aliphatic rings. The number of sulfonamides is 1. The van der Waals surface area contributed by atoms with Gasteiger partial charge in [-0.25, -0.2) is 8.42 Å². The Balaban J connectivity index is 1.75. The van der Waals surface area contributed by atoms with Crippen molar-refractivity contribution in [3.63, 3.8) is 0 Å². The molecular weight excluding hydrogens is 522 g/mol. The highest BCUT2D eigenvalue weighted by Crippen LogP contribution is 2.34. The van der Waals surface area contributed by atoms with Gasteiger partial charge in [-0.1, -0.05) is 19.1 Å². The van der Waals surface area contributed by atoms with Crippen LogP contribution < -0.4 is 23.8 Å². The SMILES string of the molecule is CC[C@@H](C)NC(=O)[C@H](C)N(Cc1cccc(OC)c1)C(=O)CCCN(c1ccc2c(c1)OCCO2)S(C)(=O)=O. The number of methoxy groups -OCH3 is 1. The molecule has 2 aromatic rings. The topological polar surface area (TPSA) is 114 Å². The van der Waals surface area contributed by atoms with Gasteiger partial charge in [-0.05, 0) is 56.5 Å². The Morgan fingerprint density at radius 1 is 1.08 bits per heavy atom. The molecule has 214 valence electrons. The minimum atomic E-state index is -3.63. The molecule has 0 aromatic heterocycles. The zero-order valence-corrected chi connectivity index (χ0v) is 24.1. The Kier molecular flexibility index (Phi) is 10.4. The van der Waals surface area contributed by atoms with E-state index in [2.05, 4.69) is 5.32 Å². The second kappa shape index (κ2) is 13.5. The standard InChI is InChI=1S/C28H39N3O7S/c1-6-20(2)29-28(33)21(3)30(19-22-9-7-10-24(17-22)36-4)27(32)11-8-14-31(39(5,34)35)23-12-13-25-26(18-23)38-16-15-37-25/h7,9-10,12-13,17-18,20-21H,6,8,11,14-16,19H2,1-5H3,(H,29,33)/t20-,21+/m1/s1. The van der Waals surface area contributed by atoms with Gasteiger partial charge in [0.15, 0.2) is 11.5 Å². The van der Waals surface area contributed by atoms with Crippen LogP contribution >= 0.6 is 0 Å². The minimum absolute atomic E-state index is 0.0250. The molecule has 2 aromatic carbocycles. The fraction of sp³-hybridized carbons (Fsp3) is 0.500. The summed E-state index contributed by atoms with van der Waals surface area (Å²) in [6.07, 6.45) is 2.21. The van der Waals surface area contributed by atoms with Crippen LogP contribution in [0.15, 0.2) is 42.5 Å². The molecule has 2 atom stereocenters. The molecule has 0 radical (unpaired) electrons. The van der Waals surface area contributed by atoms with E-state index < -0.39 is 16.1 Å². The summed E-state index contributed by atoms with van der Waals surface area (Å²) < 4.78 is 43.0. The number of carbonyl (C=O) groups excluding carboxylic acids is 2. The first-order valence-electron chi connectivity index (χ1n) is 13.1. The van der Waals surface area contributed by atoms with E-state index in [4.69, 9.17) is 14.2 Å². The number of amides is 2. The normalized spacial score (nSPS) is 14.2. The van der Waals surface area contributed by atoms with E-state index in [1.165, 1.54) is 9.21 Å². The minimum Gasteiger partial charge on any atom is -0.497 e. The third-order valence-corrected chi connectivity index (χ3v) is 7.82. The molecule has 0 spiro atoms. The molecule has 0 unspecified atom stereocenters. The maximum Gasteiger partial charge on any atom is 0.242 e. The third-order valence-electron chi connectivity index (χ3n) is 6.62. The van der Waals surface area contributed by atoms with Crippen molar-refractivity contribution in [2.75, 3.05) is 37.4 Å². The number of hydrogen-bond acceptors (Lipinski definition) is 7. The molecule has 39 heavy (non-hydrogen) atoms. The number of fused-ring (bicyclic) bond motifs is 1. The van der Waals surface area contributed by atoms with Crippen molar-refractivity contribution in [2.45, 2.75) is 58.7 Å². The quantitative estimate of drug-likeness (QED) is 0.399. The first kappa shape index (κ1) is 30.1. The van der Waals surface area contributed by atoms with E-state index in [0.717, 1.165) is 18.2 Å². The number of carbonyl (C=O) groups is 2. The van der Waals surface area contributed by atoms with Crippen LogP contribution in [0.25, 0.3) is 0 Å². The van der Waals surface area contributed by atoms with Crippen LogP contribution in [-0.4, -0.2) is 70.3 Å². The lowest BCUT2D eigenvalue weighted by Gasteiger charge is -2.30. The summed E-state index contributed by atoms with van der Waals surface area (Å²) >= 11 is 0. The van der Waals surface area contributed by atoms with E-state index in [0.29, 0.717) is 36.1 Å². The summed E-state index contributed by atoms with van der Waals surface area (Å²) in [4.78, 5) is 28.0. The highest BCUT2D eigenvalue weighted by Gasteiger charge is 2.27. The molecule has 3 rings (SSSR count). The Morgan fingerprint density at radius 2 is 1.79 bits per heavy atom. The number of anilines is 1. The third kappa shape index (κ3) is 8.26. The second-order valence-electron chi connectivity index (χ2n) is 9.63. The number of benzene rings is 2. The van der Waals surface area contributed by atoms with Gasteiger partial charge in [0.25, 0.3) is 0 Å². The highest BCUT2D eigenvalue weighted by atomic mass is 32.2. The first-order chi connectivity index (χ1) is 18.5. The molecule has 1 aliphatic heterocycles. The van der Waals surface area contributed by atoms with Gasteiger partial charge in [-0.2, -0.15) is 0 Å². The van der Waals surface area contributed by atoms with Gasteiger partial charge < -0.3 is 24.4 Å². The molecule has 0 bridgehead atoms. The van der Waals surface area contributed by atoms with Crippen molar-refractivity contribution >= 4 is 27.5 Å². The molecule has 0 fully saturated rings. The largest absolute Gasteiger partial charge is 0.497 e. The van der Waals surface area contributed by atoms with Crippen LogP contribution in [0.3, 0.4) is 0 Å². The molecule has 2 amide bonds. The van der Waals surface area contributed by atoms with Crippen molar-refractivity contribution in [1.82, 2.24) is 10.2 Å². The van der Waals surface area contributed by atoms with E-state index >= 15 is 0 Å². The predicted molar refractivity (Wildman–Crippen MR) is 150 cm³/mol. The van der Waals surface area contributed by atoms with Crippen molar-refractivity contribution in [3.05, 3.63) is 48.0 Å². The summed E-state index contributed by atoms with van der Waals surface area (Å²) in [5, 5.41) is 2.95. The summed E-state index contributed by atoms with van der Waals surface area (Å²) in [7, 11) is -2.06. The van der Waals surface area contributed by atoms with E-state index in [-0.39, 0.29) is 43.8 Å². The maximum absolute atomic E-state index is 13.5. The molecule has 11 heteroatoms. The number of ether oxygens (including phenoxy) is 3. The van der Waals surface area contributed by atoms with E-state index in [1.54, 1.807) is 32.2 Å². The second-order valence-corrected chi connectivity index (χ2v) is 11.5. The van der Waals surface area contributed by atoms with Gasteiger partial charge in [0.1, 0.15) is 25.0 Å². The lowest BCUT2D eigenvalue weighted by molar-refractivity contribution is -0.140. The fourth-order valence-corrected chi connectivity index (χ4v) is 5.16. The Morgan fingerprint density at radius 3 is 2.46 bits per heavy atom. The zero-order chi connectivity index (χ0) is 28.6. The zero-order valence-electron chi connectivity index (χ0n) is 23.3. The predicted octanol–water partition coefficient (Wildman–Crippen LogP) is 3.34. The first-order valence-corrected chi connectivity index (χ1v) is 15.0. The summed E-state index contributed by atoms with van der Waals surface area (Å²) in [6, 6.07) is 11.6. The summed E-state index contributed by atoms with van der Waals surface area (Å²) in [5.41, 5.74) is 1.25. The smallest absolute Gasteiger partial charge is 0.242 e. The van der Waals surface area contributed by atoms with Crippen molar-refractivity contribution in [2.24, 2.45) is 0 Å². The maximum atomic E-state index is 13.5. The van der Waals surface area contributed by atoms with Gasteiger partial charge >= 0.3 is 0 Å². The lowest BCUT2D eigenvalue weighted by Crippen LogP contribution is -2.49. The Bertz CT molecular complexity index is 1250. The van der Waals surface area contributed by atoms with Gasteiger partial charge in [-0.15, -0.1) is 0 Å². The van der Waals surface area contributed by atoms with Crippen LogP contribution in [0.5, 0.6) is 17.2 Å². The van der Waals surface area contributed by atoms with Crippen molar-refractivity contribution < 1.29 is 32.2 Å². The highest BCUT2D eigenvalue weighted by molar-refractivity contribution is 7.92. The van der Waals surface area contributed by atoms with Gasteiger partial charge in [-0.3, -0.25) is 13.9 Å². The number of rotatable bonds is 13. The summed E-state index contributed by atoms with van der Waals surface area (Å²) in [6.45, 7) is 6.71. The molecule has 10 nitrogen and oxygen atoms in total. The van der Waals surface area contributed by atoms with Crippen LogP contribution in [0.4, 0.5) is 5.69 Å². The lowest BCUT2D eigenvalue weighted by atomic mass is 10.1. The average molecular weight is 562 g/mol. The fourth-order valence-electron chi connectivity index (χ4n) is 4.21. The van der Waals surface area contributed by atoms with Crippen molar-refractivity contribution in [1.29, 1.82) is 0 Å². The van der Waals surface area contributed by atoms with E-state index in [1.807, 2.05) is 38.1 Å². The number of hydrogen-bond donors (Lipinski definition) is 1. The van der Waals surface area contributed by atoms with Crippen LogP contribution in [0.2, 0.25) is 0 Å². The molecule has 0 saturated carbocycles. The molecule has 0 aliphatic carbocycles. The van der Waals surface area contributed by atoms with Crippen LogP contribution in [0.1, 0.15) is 45.6 Å². The van der Waals surface area contributed by atoms with Crippen LogP contribution in [-0.2, 0) is 26.2 Å². The number of nitrogens with zero attached hydrogens (tertiary/aromatic N) is 2. The van der Waals surface area contributed by atoms with Gasteiger partial charge in [0.2, 0.25) is 21.8 Å². The van der Waals surface area contributed by atoms with Crippen molar-refractivity contribution in [3.8, 4) is 17.2 Å². The number of nitrogens with one attached hydrogen (secondary N) is 1. The van der Waals surface area contributed by atoms with Crippen LogP contribution in [0, 0.1) is 0 Å². The van der Waals surface area contributed by atoms with Gasteiger partial charge in [0.05, 0.1) is 19.1 Å². The van der Waals surface area contributed by atoms with E-state index in [9.17, 15) is 18.0 Å².